The van der Waals surface area contributed by atoms with Crippen molar-refractivity contribution in [3.05, 3.63) is 130 Å². The number of fused-ring (bicyclic) bond motifs is 1. The van der Waals surface area contributed by atoms with Crippen molar-refractivity contribution < 1.29 is 13.6 Å². The molecule has 6 nitrogen and oxygen atoms in total. The topological polar surface area (TPSA) is 58.4 Å². The second-order valence-corrected chi connectivity index (χ2v) is 11.6. The maximum atomic E-state index is 14.5. The number of hydrogen-bond acceptors (Lipinski definition) is 4. The second-order valence-electron chi connectivity index (χ2n) is 11.6. The van der Waals surface area contributed by atoms with Crippen molar-refractivity contribution in [3.63, 3.8) is 0 Å². The number of carbonyl (C=O) groups excluding carboxylic acids is 1. The first-order valence-corrected chi connectivity index (χ1v) is 15.8. The van der Waals surface area contributed by atoms with E-state index < -0.39 is 17.2 Å². The highest BCUT2D eigenvalue weighted by Gasteiger charge is 2.20. The minimum atomic E-state index is -0.924. The molecule has 0 fully saturated rings. The monoisotopic (exact) mass is 620 g/mol. The van der Waals surface area contributed by atoms with Gasteiger partial charge in [0.2, 0.25) is 5.91 Å². The number of para-hydroxylation sites is 1. The normalized spacial score (nSPS) is 11.3. The van der Waals surface area contributed by atoms with Crippen molar-refractivity contribution in [3.8, 4) is 11.1 Å². The smallest absolute Gasteiger partial charge is 0.280 e. The molecule has 0 unspecified atom stereocenters. The van der Waals surface area contributed by atoms with Crippen LogP contribution in [0.25, 0.3) is 22.0 Å². The Hall–Kier alpha value is -4.63. The highest BCUT2D eigenvalue weighted by molar-refractivity contribution is 6.32. The first-order chi connectivity index (χ1) is 22.3. The first-order valence-electron chi connectivity index (χ1n) is 15.8. The number of hydrogen-bond donors (Lipinski definition) is 0. The van der Waals surface area contributed by atoms with Crippen LogP contribution in [0, 0.1) is 11.6 Å². The molecule has 5 aromatic rings. The molecule has 1 heterocycles. The third kappa shape index (κ3) is 7.77. The number of carbonyl (C=O) groups is 1. The summed E-state index contributed by atoms with van der Waals surface area (Å²) in [5, 5.41) is 0.400. The number of halogens is 2. The van der Waals surface area contributed by atoms with Crippen LogP contribution >= 0.6 is 0 Å². The predicted octanol–water partition coefficient (Wildman–Crippen LogP) is 4.76. The van der Waals surface area contributed by atoms with E-state index in [1.807, 2.05) is 11.0 Å². The van der Waals surface area contributed by atoms with Crippen molar-refractivity contribution >= 4 is 30.1 Å². The van der Waals surface area contributed by atoms with E-state index in [1.165, 1.54) is 17.6 Å². The van der Waals surface area contributed by atoms with Crippen LogP contribution in [0.4, 0.5) is 8.78 Å². The van der Waals surface area contributed by atoms with Gasteiger partial charge in [-0.2, -0.15) is 4.98 Å². The van der Waals surface area contributed by atoms with Crippen LogP contribution in [0.1, 0.15) is 30.8 Å². The van der Waals surface area contributed by atoms with Gasteiger partial charge < -0.3 is 14.4 Å². The average Bonchev–Trinajstić information content (AvgIpc) is 3.07. The molecule has 9 heteroatoms. The molecule has 0 aliphatic rings. The molecule has 0 saturated heterocycles. The van der Waals surface area contributed by atoms with Gasteiger partial charge in [-0.25, -0.2) is 8.78 Å². The summed E-state index contributed by atoms with van der Waals surface area (Å²) >= 11 is 0. The molecule has 4 aromatic carbocycles. The fraction of sp³-hybridized carbons (Fsp3) is 0.270. The van der Waals surface area contributed by atoms with Gasteiger partial charge in [0.1, 0.15) is 20.2 Å². The highest BCUT2D eigenvalue weighted by atomic mass is 19.2. The van der Waals surface area contributed by atoms with Gasteiger partial charge in [0, 0.05) is 26.1 Å². The summed E-state index contributed by atoms with van der Waals surface area (Å²) in [6.07, 6.45) is 0.287. The van der Waals surface area contributed by atoms with E-state index in [0.29, 0.717) is 29.8 Å². The predicted molar refractivity (Wildman–Crippen MR) is 183 cm³/mol. The van der Waals surface area contributed by atoms with Gasteiger partial charge in [-0.3, -0.25) is 9.59 Å². The van der Waals surface area contributed by atoms with E-state index in [4.69, 9.17) is 0 Å². The standard InChI is InChI=1S/C37H39BF2N4O2/c1-3-42(4-2)22-23-43(24-26-12-14-27(15-13-26)28-16-19-30(38)20-17-28)35(45)25-44-33-11-6-5-9-31(33)37(46)41-34(44)21-18-29-8-7-10-32(39)36(29)40/h5-17,19-20H,3-4,18,21-25,38H2,1-2H3. The van der Waals surface area contributed by atoms with Crippen molar-refractivity contribution in [2.45, 2.75) is 39.8 Å². The van der Waals surface area contributed by atoms with Crippen LogP contribution in [0.5, 0.6) is 0 Å². The summed E-state index contributed by atoms with van der Waals surface area (Å²) in [6.45, 7) is 7.57. The molecule has 0 spiro atoms. The Balaban J connectivity index is 1.44. The molecule has 0 bridgehead atoms. The number of aromatic nitrogens is 2. The summed E-state index contributed by atoms with van der Waals surface area (Å²) in [7, 11) is 2.07. The Labute approximate surface area is 269 Å². The molecule has 0 radical (unpaired) electrons. The molecular weight excluding hydrogens is 581 g/mol. The number of aryl methyl sites for hydroxylation is 2. The zero-order chi connectivity index (χ0) is 32.6. The van der Waals surface area contributed by atoms with E-state index in [1.54, 1.807) is 22.8 Å². The van der Waals surface area contributed by atoms with Crippen LogP contribution in [0.3, 0.4) is 0 Å². The van der Waals surface area contributed by atoms with Gasteiger partial charge in [0.05, 0.1) is 10.9 Å². The van der Waals surface area contributed by atoms with Gasteiger partial charge in [0.25, 0.3) is 5.56 Å². The molecule has 46 heavy (non-hydrogen) atoms. The lowest BCUT2D eigenvalue weighted by atomic mass is 9.93. The molecule has 1 aromatic heterocycles. The van der Waals surface area contributed by atoms with Crippen LogP contribution in [-0.2, 0) is 30.7 Å². The fourth-order valence-electron chi connectivity index (χ4n) is 5.72. The van der Waals surface area contributed by atoms with Crippen molar-refractivity contribution in [1.82, 2.24) is 19.4 Å². The summed E-state index contributed by atoms with van der Waals surface area (Å²) in [6, 6.07) is 27.8. The van der Waals surface area contributed by atoms with E-state index in [9.17, 15) is 18.4 Å². The van der Waals surface area contributed by atoms with Crippen LogP contribution in [-0.4, -0.2) is 59.3 Å². The van der Waals surface area contributed by atoms with Gasteiger partial charge in [-0.15, -0.1) is 0 Å². The second kappa shape index (κ2) is 15.1. The number of benzene rings is 4. The Morgan fingerprint density at radius 1 is 0.826 bits per heavy atom. The molecule has 0 aliphatic carbocycles. The molecule has 0 saturated carbocycles. The third-order valence-electron chi connectivity index (χ3n) is 8.56. The zero-order valence-electron chi connectivity index (χ0n) is 26.7. The maximum Gasteiger partial charge on any atom is 0.280 e. The zero-order valence-corrected chi connectivity index (χ0v) is 26.7. The van der Waals surface area contributed by atoms with Gasteiger partial charge >= 0.3 is 0 Å². The van der Waals surface area contributed by atoms with Crippen molar-refractivity contribution in [2.75, 3.05) is 26.2 Å². The van der Waals surface area contributed by atoms with E-state index in [0.717, 1.165) is 42.4 Å². The number of nitrogens with zero attached hydrogens (tertiary/aromatic N) is 4. The Bertz CT molecular complexity index is 1860. The molecule has 5 rings (SSSR count). The maximum absolute atomic E-state index is 14.5. The molecular formula is C37H39BF2N4O2. The summed E-state index contributed by atoms with van der Waals surface area (Å²) in [5.41, 5.74) is 4.81. The minimum absolute atomic E-state index is 0.0472. The SMILES string of the molecule is Bc1ccc(-c2ccc(CN(CCN(CC)CC)C(=O)Cn3c(CCc4cccc(F)c4F)nc(=O)c4ccccc43)cc2)cc1. The Kier molecular flexibility index (Phi) is 10.8. The van der Waals surface area contributed by atoms with E-state index in [-0.39, 0.29) is 30.9 Å². The average molecular weight is 621 g/mol. The lowest BCUT2D eigenvalue weighted by Gasteiger charge is -2.28. The Morgan fingerprint density at radius 2 is 1.50 bits per heavy atom. The lowest BCUT2D eigenvalue weighted by molar-refractivity contribution is -0.132. The Morgan fingerprint density at radius 3 is 2.20 bits per heavy atom. The van der Waals surface area contributed by atoms with Gasteiger partial charge in [-0.1, -0.05) is 92.1 Å². The third-order valence-corrected chi connectivity index (χ3v) is 8.56. The van der Waals surface area contributed by atoms with E-state index in [2.05, 4.69) is 80.1 Å². The van der Waals surface area contributed by atoms with Crippen molar-refractivity contribution in [1.29, 1.82) is 0 Å². The summed E-state index contributed by atoms with van der Waals surface area (Å²) in [5.74, 6) is -1.60. The van der Waals surface area contributed by atoms with Crippen LogP contribution in [0.15, 0.2) is 95.8 Å². The molecule has 0 atom stereocenters. The van der Waals surface area contributed by atoms with Crippen LogP contribution < -0.4 is 11.0 Å². The van der Waals surface area contributed by atoms with Gasteiger partial charge in [-0.05, 0) is 60.0 Å². The number of amides is 1. The quantitative estimate of drug-likeness (QED) is 0.178. The van der Waals surface area contributed by atoms with E-state index >= 15 is 0 Å². The highest BCUT2D eigenvalue weighted by Crippen LogP contribution is 2.21. The summed E-state index contributed by atoms with van der Waals surface area (Å²) in [4.78, 5) is 35.6. The molecule has 236 valence electrons. The largest absolute Gasteiger partial charge is 0.336 e. The fourth-order valence-corrected chi connectivity index (χ4v) is 5.72. The molecule has 1 amide bonds. The lowest BCUT2D eigenvalue weighted by Crippen LogP contribution is -2.40. The van der Waals surface area contributed by atoms with Crippen molar-refractivity contribution in [2.24, 2.45) is 0 Å². The van der Waals surface area contributed by atoms with Gasteiger partial charge in [0.15, 0.2) is 11.6 Å². The number of rotatable bonds is 13. The first kappa shape index (κ1) is 32.8. The number of likely N-dealkylation sites (N-methyl/N-ethyl adjacent to an activating group) is 1. The minimum Gasteiger partial charge on any atom is -0.336 e. The molecule has 0 aliphatic heterocycles. The summed E-state index contributed by atoms with van der Waals surface area (Å²) < 4.78 is 30.1. The van der Waals surface area contributed by atoms with Crippen LogP contribution in [0.2, 0.25) is 0 Å². The molecule has 0 N–H and O–H groups in total.